The molecule has 0 atom stereocenters. The van der Waals surface area contributed by atoms with Crippen molar-refractivity contribution >= 4 is 11.0 Å². The van der Waals surface area contributed by atoms with Crippen LogP contribution in [0.25, 0.3) is 22.3 Å². The molecule has 2 aromatic carbocycles. The molecule has 0 amide bonds. The fraction of sp³-hybridized carbons (Fsp3) is 0.118. The maximum Gasteiger partial charge on any atom is 0.137 e. The molecule has 0 aliphatic rings. The van der Waals surface area contributed by atoms with Gasteiger partial charge in [-0.15, -0.1) is 0 Å². The summed E-state index contributed by atoms with van der Waals surface area (Å²) in [5.41, 5.74) is 2.66. The molecule has 0 fully saturated rings. The van der Waals surface area contributed by atoms with E-state index in [1.54, 1.807) is 13.2 Å². The molecule has 0 aliphatic carbocycles. The van der Waals surface area contributed by atoms with Gasteiger partial charge in [0.1, 0.15) is 22.5 Å². The molecule has 0 bridgehead atoms. The van der Waals surface area contributed by atoms with Crippen LogP contribution in [-0.2, 0) is 0 Å². The molecule has 1 aromatic heterocycles. The van der Waals surface area contributed by atoms with Gasteiger partial charge in [0.25, 0.3) is 0 Å². The molecule has 106 valence electrons. The number of ether oxygens (including phenoxy) is 1. The molecule has 0 saturated carbocycles. The highest BCUT2D eigenvalue weighted by atomic mass is 16.5. The summed E-state index contributed by atoms with van der Waals surface area (Å²) in [6.07, 6.45) is 0. The van der Waals surface area contributed by atoms with E-state index in [2.05, 4.69) is 5.16 Å². The van der Waals surface area contributed by atoms with Crippen LogP contribution < -0.4 is 10.1 Å². The summed E-state index contributed by atoms with van der Waals surface area (Å²) in [7, 11) is 1.63. The quantitative estimate of drug-likeness (QED) is 0.575. The van der Waals surface area contributed by atoms with Gasteiger partial charge in [-0.2, -0.15) is 0 Å². The molecule has 0 unspecified atom stereocenters. The van der Waals surface area contributed by atoms with Gasteiger partial charge in [-0.05, 0) is 43.3 Å². The van der Waals surface area contributed by atoms with Crippen LogP contribution in [0, 0.1) is 6.92 Å². The fourth-order valence-electron chi connectivity index (χ4n) is 2.26. The molecule has 0 radical (unpaired) electrons. The summed E-state index contributed by atoms with van der Waals surface area (Å²) in [5.74, 6) is 1.42. The van der Waals surface area contributed by atoms with Crippen molar-refractivity contribution in [3.05, 3.63) is 59.5 Å². The van der Waals surface area contributed by atoms with E-state index in [1.807, 2.05) is 49.4 Å². The van der Waals surface area contributed by atoms with Crippen LogP contribution in [0.5, 0.6) is 5.75 Å². The minimum atomic E-state index is 0.491. The maximum absolute atomic E-state index is 9.24. The average Bonchev–Trinajstić information content (AvgIpc) is 2.54. The Labute approximate surface area is 121 Å². The van der Waals surface area contributed by atoms with Crippen LogP contribution in [0.2, 0.25) is 0 Å². The van der Waals surface area contributed by atoms with E-state index in [1.165, 1.54) is 0 Å². The van der Waals surface area contributed by atoms with Gasteiger partial charge < -0.3 is 14.4 Å². The first-order valence-corrected chi connectivity index (χ1v) is 6.58. The normalized spacial score (nSPS) is 11.8. The second-order valence-electron chi connectivity index (χ2n) is 4.82. The van der Waals surface area contributed by atoms with Crippen molar-refractivity contribution in [1.29, 1.82) is 0 Å². The summed E-state index contributed by atoms with van der Waals surface area (Å²) >= 11 is 0. The summed E-state index contributed by atoms with van der Waals surface area (Å²) in [4.78, 5) is 0. The van der Waals surface area contributed by atoms with E-state index in [-0.39, 0.29) is 0 Å². The van der Waals surface area contributed by atoms with Crippen LogP contribution in [-0.4, -0.2) is 12.3 Å². The predicted octanol–water partition coefficient (Wildman–Crippen LogP) is 3.71. The van der Waals surface area contributed by atoms with Gasteiger partial charge in [0.2, 0.25) is 0 Å². The van der Waals surface area contributed by atoms with Crippen molar-refractivity contribution in [2.24, 2.45) is 5.16 Å². The largest absolute Gasteiger partial charge is 0.497 e. The fourth-order valence-corrected chi connectivity index (χ4v) is 2.26. The molecule has 1 heterocycles. The van der Waals surface area contributed by atoms with E-state index >= 15 is 0 Å². The van der Waals surface area contributed by atoms with Gasteiger partial charge in [-0.1, -0.05) is 16.8 Å². The highest BCUT2D eigenvalue weighted by Crippen LogP contribution is 2.24. The van der Waals surface area contributed by atoms with Gasteiger partial charge in [-0.3, -0.25) is 0 Å². The van der Waals surface area contributed by atoms with Crippen LogP contribution in [0.3, 0.4) is 0 Å². The van der Waals surface area contributed by atoms with E-state index in [0.29, 0.717) is 16.7 Å². The lowest BCUT2D eigenvalue weighted by Gasteiger charge is -2.06. The number of hydrogen-bond donors (Lipinski definition) is 1. The van der Waals surface area contributed by atoms with Crippen molar-refractivity contribution in [2.45, 2.75) is 6.92 Å². The lowest BCUT2D eigenvalue weighted by atomic mass is 10.1. The smallest absolute Gasteiger partial charge is 0.137 e. The van der Waals surface area contributed by atoms with Crippen LogP contribution in [0.1, 0.15) is 5.56 Å². The minimum absolute atomic E-state index is 0.491. The van der Waals surface area contributed by atoms with Gasteiger partial charge in [-0.25, -0.2) is 0 Å². The summed E-state index contributed by atoms with van der Waals surface area (Å²) in [5, 5.41) is 13.9. The molecule has 4 nitrogen and oxygen atoms in total. The van der Waals surface area contributed by atoms with Crippen molar-refractivity contribution in [2.75, 3.05) is 7.11 Å². The summed E-state index contributed by atoms with van der Waals surface area (Å²) < 4.78 is 11.1. The third-order valence-electron chi connectivity index (χ3n) is 3.38. The zero-order chi connectivity index (χ0) is 14.8. The Bertz CT molecular complexity index is 848. The van der Waals surface area contributed by atoms with Crippen molar-refractivity contribution in [3.8, 4) is 17.1 Å². The first kappa shape index (κ1) is 13.2. The monoisotopic (exact) mass is 281 g/mol. The topological polar surface area (TPSA) is 55.0 Å². The second kappa shape index (κ2) is 5.32. The SMILES string of the molecule is COc1ccc(-c2c/c(=N/O)c3cc(C)ccc3o2)cc1. The molecule has 3 rings (SSSR count). The number of nitrogens with zero attached hydrogens (tertiary/aromatic N) is 1. The van der Waals surface area contributed by atoms with Crippen molar-refractivity contribution < 1.29 is 14.4 Å². The Morgan fingerprint density at radius 1 is 1.05 bits per heavy atom. The zero-order valence-corrected chi connectivity index (χ0v) is 11.8. The maximum atomic E-state index is 9.24. The third-order valence-corrected chi connectivity index (χ3v) is 3.38. The Balaban J connectivity index is 2.21. The van der Waals surface area contributed by atoms with Gasteiger partial charge in [0.15, 0.2) is 0 Å². The Hall–Kier alpha value is -2.75. The molecule has 4 heteroatoms. The lowest BCUT2D eigenvalue weighted by molar-refractivity contribution is 0.302. The van der Waals surface area contributed by atoms with Crippen LogP contribution in [0.15, 0.2) is 58.1 Å². The molecule has 3 aromatic rings. The third kappa shape index (κ3) is 2.48. The number of benzene rings is 2. The van der Waals surface area contributed by atoms with Gasteiger partial charge in [0, 0.05) is 17.0 Å². The van der Waals surface area contributed by atoms with E-state index in [4.69, 9.17) is 9.15 Å². The molecular formula is C17H15NO3. The highest BCUT2D eigenvalue weighted by molar-refractivity contribution is 5.79. The van der Waals surface area contributed by atoms with Crippen LogP contribution in [0.4, 0.5) is 0 Å². The molecule has 0 spiro atoms. The van der Waals surface area contributed by atoms with E-state index in [0.717, 1.165) is 22.3 Å². The second-order valence-corrected chi connectivity index (χ2v) is 4.82. The first-order valence-electron chi connectivity index (χ1n) is 6.58. The average molecular weight is 281 g/mol. The van der Waals surface area contributed by atoms with E-state index in [9.17, 15) is 5.21 Å². The molecular weight excluding hydrogens is 266 g/mol. The summed E-state index contributed by atoms with van der Waals surface area (Å²) in [6, 6.07) is 15.0. The van der Waals surface area contributed by atoms with Crippen molar-refractivity contribution in [1.82, 2.24) is 0 Å². The van der Waals surface area contributed by atoms with Gasteiger partial charge >= 0.3 is 0 Å². The minimum Gasteiger partial charge on any atom is -0.497 e. The summed E-state index contributed by atoms with van der Waals surface area (Å²) in [6.45, 7) is 1.98. The zero-order valence-electron chi connectivity index (χ0n) is 11.8. The van der Waals surface area contributed by atoms with Crippen molar-refractivity contribution in [3.63, 3.8) is 0 Å². The number of fused-ring (bicyclic) bond motifs is 1. The Morgan fingerprint density at radius 3 is 2.48 bits per heavy atom. The number of aryl methyl sites for hydroxylation is 1. The molecule has 0 aliphatic heterocycles. The first-order chi connectivity index (χ1) is 10.2. The van der Waals surface area contributed by atoms with Gasteiger partial charge in [0.05, 0.1) is 7.11 Å². The molecule has 0 saturated heterocycles. The standard InChI is InChI=1S/C17H15NO3/c1-11-3-8-16-14(9-11)15(18-19)10-17(21-16)12-4-6-13(20-2)7-5-12/h3-10,19H,1-2H3/b18-15-. The number of methoxy groups -OCH3 is 1. The highest BCUT2D eigenvalue weighted by Gasteiger charge is 2.06. The Morgan fingerprint density at radius 2 is 1.81 bits per heavy atom. The number of rotatable bonds is 2. The predicted molar refractivity (Wildman–Crippen MR) is 80.3 cm³/mol. The molecule has 1 N–H and O–H groups in total. The lowest BCUT2D eigenvalue weighted by Crippen LogP contribution is -2.03. The Kier molecular flexibility index (Phi) is 3.36. The van der Waals surface area contributed by atoms with E-state index < -0.39 is 0 Å². The van der Waals surface area contributed by atoms with Crippen LogP contribution >= 0.6 is 0 Å². The molecule has 21 heavy (non-hydrogen) atoms. The number of hydrogen-bond acceptors (Lipinski definition) is 4.